The van der Waals surface area contributed by atoms with Crippen molar-refractivity contribution in [3.63, 3.8) is 0 Å². The van der Waals surface area contributed by atoms with E-state index in [2.05, 4.69) is 5.32 Å². The van der Waals surface area contributed by atoms with Gasteiger partial charge in [-0.2, -0.15) is 0 Å². The van der Waals surface area contributed by atoms with Gasteiger partial charge in [0.1, 0.15) is 5.60 Å². The molecular formula is C13H19NO3S. The normalized spacial score (nSPS) is 12.9. The zero-order chi connectivity index (χ0) is 13.9. The van der Waals surface area contributed by atoms with Crippen molar-refractivity contribution in [1.82, 2.24) is 5.32 Å². The van der Waals surface area contributed by atoms with Gasteiger partial charge in [0, 0.05) is 10.4 Å². The Morgan fingerprint density at radius 3 is 2.44 bits per heavy atom. The fourth-order valence-corrected chi connectivity index (χ4v) is 2.13. The number of nitrogens with one attached hydrogen (secondary N) is 1. The Morgan fingerprint density at radius 2 is 2.00 bits per heavy atom. The van der Waals surface area contributed by atoms with Crippen LogP contribution in [0, 0.1) is 6.92 Å². The Kier molecular flexibility index (Phi) is 4.51. The van der Waals surface area contributed by atoms with Gasteiger partial charge in [0.2, 0.25) is 0 Å². The average Bonchev–Trinajstić information content (AvgIpc) is 2.60. The Bertz CT molecular complexity index is 445. The standard InChI is InChI=1S/C13H19NO3S/c1-8(14-12(16)17-13(3,4)5)11(15)10-6-7-18-9(10)2/h6-8H,1-5H3,(H,14,16). The van der Waals surface area contributed by atoms with Crippen LogP contribution >= 0.6 is 11.3 Å². The second kappa shape index (κ2) is 5.52. The number of ether oxygens (including phenoxy) is 1. The van der Waals surface area contributed by atoms with Crippen molar-refractivity contribution in [2.45, 2.75) is 46.3 Å². The number of carbonyl (C=O) groups excluding carboxylic acids is 2. The van der Waals surface area contributed by atoms with E-state index in [-0.39, 0.29) is 5.78 Å². The largest absolute Gasteiger partial charge is 0.444 e. The van der Waals surface area contributed by atoms with Gasteiger partial charge in [-0.25, -0.2) is 4.79 Å². The molecule has 0 aromatic carbocycles. The molecule has 0 radical (unpaired) electrons. The van der Waals surface area contributed by atoms with E-state index in [1.54, 1.807) is 33.8 Å². The summed E-state index contributed by atoms with van der Waals surface area (Å²) in [6.07, 6.45) is -0.573. The maximum Gasteiger partial charge on any atom is 0.408 e. The van der Waals surface area contributed by atoms with E-state index in [4.69, 9.17) is 4.74 Å². The minimum atomic E-state index is -0.590. The summed E-state index contributed by atoms with van der Waals surface area (Å²) >= 11 is 1.51. The molecule has 0 aliphatic carbocycles. The molecule has 1 amide bonds. The predicted octanol–water partition coefficient (Wildman–Crippen LogP) is 3.15. The van der Waals surface area contributed by atoms with Crippen molar-refractivity contribution < 1.29 is 14.3 Å². The number of Topliss-reactive ketones (excluding diaryl/α,β-unsaturated/α-hetero) is 1. The molecule has 0 saturated carbocycles. The monoisotopic (exact) mass is 269 g/mol. The topological polar surface area (TPSA) is 55.4 Å². The number of hydrogen-bond acceptors (Lipinski definition) is 4. The first-order chi connectivity index (χ1) is 8.20. The van der Waals surface area contributed by atoms with E-state index >= 15 is 0 Å². The van der Waals surface area contributed by atoms with Gasteiger partial charge in [-0.15, -0.1) is 11.3 Å². The smallest absolute Gasteiger partial charge is 0.408 e. The van der Waals surface area contributed by atoms with E-state index in [9.17, 15) is 9.59 Å². The summed E-state index contributed by atoms with van der Waals surface area (Å²) in [5.74, 6) is -0.0976. The van der Waals surface area contributed by atoms with Gasteiger partial charge >= 0.3 is 6.09 Å². The first kappa shape index (κ1) is 14.7. The maximum absolute atomic E-state index is 12.1. The lowest BCUT2D eigenvalue weighted by molar-refractivity contribution is 0.0496. The van der Waals surface area contributed by atoms with Crippen LogP contribution < -0.4 is 5.32 Å². The molecule has 4 nitrogen and oxygen atoms in total. The van der Waals surface area contributed by atoms with Crippen LogP contribution in [-0.4, -0.2) is 23.5 Å². The minimum Gasteiger partial charge on any atom is -0.444 e. The fraction of sp³-hybridized carbons (Fsp3) is 0.538. The van der Waals surface area contributed by atoms with Gasteiger partial charge in [-0.05, 0) is 46.1 Å². The summed E-state index contributed by atoms with van der Waals surface area (Å²) in [5, 5.41) is 4.41. The Morgan fingerprint density at radius 1 is 1.39 bits per heavy atom. The van der Waals surface area contributed by atoms with Crippen LogP contribution in [0.2, 0.25) is 0 Å². The highest BCUT2D eigenvalue weighted by atomic mass is 32.1. The summed E-state index contributed by atoms with van der Waals surface area (Å²) in [4.78, 5) is 24.6. The minimum absolute atomic E-state index is 0.0976. The van der Waals surface area contributed by atoms with Crippen LogP contribution in [0.5, 0.6) is 0 Å². The van der Waals surface area contributed by atoms with E-state index in [1.807, 2.05) is 12.3 Å². The van der Waals surface area contributed by atoms with Crippen molar-refractivity contribution in [2.75, 3.05) is 0 Å². The van der Waals surface area contributed by atoms with E-state index in [0.717, 1.165) is 4.88 Å². The van der Waals surface area contributed by atoms with Gasteiger partial charge in [0.15, 0.2) is 5.78 Å². The Balaban J connectivity index is 2.61. The molecule has 100 valence electrons. The Hall–Kier alpha value is -1.36. The lowest BCUT2D eigenvalue weighted by Gasteiger charge is -2.21. The predicted molar refractivity (Wildman–Crippen MR) is 72.2 cm³/mol. The third kappa shape index (κ3) is 4.14. The molecule has 1 heterocycles. The number of ketones is 1. The van der Waals surface area contributed by atoms with Crippen molar-refractivity contribution in [1.29, 1.82) is 0 Å². The molecule has 1 aromatic rings. The van der Waals surface area contributed by atoms with Crippen molar-refractivity contribution in [2.24, 2.45) is 0 Å². The number of carbonyl (C=O) groups is 2. The summed E-state index contributed by atoms with van der Waals surface area (Å²) in [6, 6.07) is 1.18. The fourth-order valence-electron chi connectivity index (χ4n) is 1.42. The number of thiophene rings is 1. The van der Waals surface area contributed by atoms with E-state index < -0.39 is 17.7 Å². The van der Waals surface area contributed by atoms with Gasteiger partial charge in [-0.3, -0.25) is 4.79 Å². The van der Waals surface area contributed by atoms with Crippen LogP contribution in [0.1, 0.15) is 42.9 Å². The second-order valence-corrected chi connectivity index (χ2v) is 6.24. The summed E-state index contributed by atoms with van der Waals surface area (Å²) in [7, 11) is 0. The highest BCUT2D eigenvalue weighted by molar-refractivity contribution is 7.10. The third-order valence-electron chi connectivity index (χ3n) is 2.25. The first-order valence-corrected chi connectivity index (χ1v) is 6.66. The molecule has 1 atom stereocenters. The highest BCUT2D eigenvalue weighted by Crippen LogP contribution is 2.17. The number of aryl methyl sites for hydroxylation is 1. The molecule has 0 fully saturated rings. The summed E-state index contributed by atoms with van der Waals surface area (Å²) in [6.45, 7) is 8.88. The van der Waals surface area contributed by atoms with E-state index in [1.165, 1.54) is 11.3 Å². The molecule has 0 aliphatic heterocycles. The first-order valence-electron chi connectivity index (χ1n) is 5.78. The Labute approximate surface area is 111 Å². The quantitative estimate of drug-likeness (QED) is 0.858. The molecule has 1 rings (SSSR count). The second-order valence-electron chi connectivity index (χ2n) is 5.12. The van der Waals surface area contributed by atoms with Gasteiger partial charge < -0.3 is 10.1 Å². The molecule has 0 aliphatic rings. The van der Waals surface area contributed by atoms with Crippen LogP contribution in [-0.2, 0) is 4.74 Å². The van der Waals surface area contributed by atoms with Gasteiger partial charge in [0.05, 0.1) is 6.04 Å². The van der Waals surface area contributed by atoms with Crippen molar-refractivity contribution in [3.8, 4) is 0 Å². The zero-order valence-corrected chi connectivity index (χ0v) is 12.2. The third-order valence-corrected chi connectivity index (χ3v) is 3.10. The zero-order valence-electron chi connectivity index (χ0n) is 11.4. The number of hydrogen-bond donors (Lipinski definition) is 1. The number of alkyl carbamates (subject to hydrolysis) is 1. The molecule has 0 spiro atoms. The number of amides is 1. The van der Waals surface area contributed by atoms with Crippen molar-refractivity contribution in [3.05, 3.63) is 21.9 Å². The molecule has 1 aromatic heterocycles. The molecule has 1 unspecified atom stereocenters. The molecule has 1 N–H and O–H groups in total. The summed E-state index contributed by atoms with van der Waals surface area (Å²) in [5.41, 5.74) is 0.0917. The SMILES string of the molecule is Cc1sccc1C(=O)C(C)NC(=O)OC(C)(C)C. The number of rotatable bonds is 3. The van der Waals surface area contributed by atoms with Gasteiger partial charge in [0.25, 0.3) is 0 Å². The van der Waals surface area contributed by atoms with Crippen LogP contribution in [0.25, 0.3) is 0 Å². The summed E-state index contributed by atoms with van der Waals surface area (Å²) < 4.78 is 5.11. The van der Waals surface area contributed by atoms with Crippen molar-refractivity contribution >= 4 is 23.2 Å². The highest BCUT2D eigenvalue weighted by Gasteiger charge is 2.22. The molecular weight excluding hydrogens is 250 g/mol. The molecule has 0 bridgehead atoms. The molecule has 18 heavy (non-hydrogen) atoms. The maximum atomic E-state index is 12.1. The lowest BCUT2D eigenvalue weighted by atomic mass is 10.1. The van der Waals surface area contributed by atoms with Crippen LogP contribution in [0.4, 0.5) is 4.79 Å². The lowest BCUT2D eigenvalue weighted by Crippen LogP contribution is -2.41. The van der Waals surface area contributed by atoms with E-state index in [0.29, 0.717) is 5.56 Å². The van der Waals surface area contributed by atoms with Gasteiger partial charge in [-0.1, -0.05) is 0 Å². The molecule has 5 heteroatoms. The average molecular weight is 269 g/mol. The molecule has 0 saturated heterocycles. The van der Waals surface area contributed by atoms with Crippen LogP contribution in [0.15, 0.2) is 11.4 Å². The van der Waals surface area contributed by atoms with Crippen LogP contribution in [0.3, 0.4) is 0 Å².